The molecule has 0 saturated heterocycles. The number of halogens is 2. The van der Waals surface area contributed by atoms with E-state index >= 15 is 0 Å². The van der Waals surface area contributed by atoms with Gasteiger partial charge in [-0.05, 0) is 29.0 Å². The number of nitrogens with zero attached hydrogens (tertiary/aromatic N) is 1. The van der Waals surface area contributed by atoms with Crippen LogP contribution in [-0.4, -0.2) is 12.0 Å². The maximum absolute atomic E-state index is 5.98. The summed E-state index contributed by atoms with van der Waals surface area (Å²) < 4.78 is 1.71. The molecule has 0 radical (unpaired) electrons. The molecular formula is C9H8BrClN2S2. The smallest absolute Gasteiger partial charge is 0.133 e. The second-order valence-electron chi connectivity index (χ2n) is 2.89. The van der Waals surface area contributed by atoms with Gasteiger partial charge in [-0.1, -0.05) is 11.6 Å². The number of thiophene rings is 1. The third kappa shape index (κ3) is 2.60. The van der Waals surface area contributed by atoms with Crippen LogP contribution in [0.15, 0.2) is 16.7 Å². The Labute approximate surface area is 109 Å². The molecule has 0 aliphatic heterocycles. The summed E-state index contributed by atoms with van der Waals surface area (Å²) in [4.78, 5) is 6.71. The molecule has 0 bridgehead atoms. The highest BCUT2D eigenvalue weighted by Crippen LogP contribution is 2.39. The predicted molar refractivity (Wildman–Crippen MR) is 70.9 cm³/mol. The number of hydrogen-bond donors (Lipinski definition) is 1. The SMILES string of the molecule is CNCc1cnc(-c2cc(Br)c(Cl)s2)s1. The molecule has 80 valence electrons. The first kappa shape index (κ1) is 11.5. The van der Waals surface area contributed by atoms with Gasteiger partial charge >= 0.3 is 0 Å². The van der Waals surface area contributed by atoms with Gasteiger partial charge in [0.25, 0.3) is 0 Å². The van der Waals surface area contributed by atoms with E-state index in [4.69, 9.17) is 11.6 Å². The quantitative estimate of drug-likeness (QED) is 0.923. The van der Waals surface area contributed by atoms with Crippen molar-refractivity contribution in [2.24, 2.45) is 0 Å². The molecule has 6 heteroatoms. The van der Waals surface area contributed by atoms with Crippen molar-refractivity contribution >= 4 is 50.2 Å². The average molecular weight is 324 g/mol. The molecule has 2 heterocycles. The first-order valence-electron chi connectivity index (χ1n) is 4.25. The Hall–Kier alpha value is 0.0600. The third-order valence-corrected chi connectivity index (χ3v) is 5.40. The zero-order chi connectivity index (χ0) is 10.8. The van der Waals surface area contributed by atoms with E-state index in [1.54, 1.807) is 22.7 Å². The molecule has 0 unspecified atom stereocenters. The molecule has 0 saturated carbocycles. The van der Waals surface area contributed by atoms with Crippen molar-refractivity contribution in [3.63, 3.8) is 0 Å². The second-order valence-corrected chi connectivity index (χ2v) is 6.52. The van der Waals surface area contributed by atoms with Gasteiger partial charge in [0.2, 0.25) is 0 Å². The van der Waals surface area contributed by atoms with Crippen LogP contribution < -0.4 is 5.32 Å². The van der Waals surface area contributed by atoms with Gasteiger partial charge in [0.05, 0.1) is 4.88 Å². The molecule has 0 aromatic carbocycles. The summed E-state index contributed by atoms with van der Waals surface area (Å²) >= 11 is 12.6. The lowest BCUT2D eigenvalue weighted by molar-refractivity contribution is 0.829. The largest absolute Gasteiger partial charge is 0.315 e. The van der Waals surface area contributed by atoms with E-state index in [2.05, 4.69) is 26.2 Å². The Kier molecular flexibility index (Phi) is 3.79. The summed E-state index contributed by atoms with van der Waals surface area (Å²) in [7, 11) is 1.93. The van der Waals surface area contributed by atoms with Crippen LogP contribution in [0.1, 0.15) is 4.88 Å². The molecule has 2 rings (SSSR count). The fraction of sp³-hybridized carbons (Fsp3) is 0.222. The lowest BCUT2D eigenvalue weighted by Crippen LogP contribution is -2.02. The first-order chi connectivity index (χ1) is 7.20. The van der Waals surface area contributed by atoms with Gasteiger partial charge in [-0.25, -0.2) is 4.98 Å². The summed E-state index contributed by atoms with van der Waals surface area (Å²) in [6.45, 7) is 0.859. The molecule has 2 aromatic heterocycles. The van der Waals surface area contributed by atoms with Crippen molar-refractivity contribution in [1.29, 1.82) is 0 Å². The molecule has 0 amide bonds. The van der Waals surface area contributed by atoms with Crippen molar-refractivity contribution in [1.82, 2.24) is 10.3 Å². The van der Waals surface area contributed by atoms with E-state index in [9.17, 15) is 0 Å². The first-order valence-corrected chi connectivity index (χ1v) is 7.05. The third-order valence-electron chi connectivity index (χ3n) is 1.76. The van der Waals surface area contributed by atoms with Gasteiger partial charge in [0.15, 0.2) is 0 Å². The van der Waals surface area contributed by atoms with Crippen molar-refractivity contribution in [3.8, 4) is 9.88 Å². The van der Waals surface area contributed by atoms with Gasteiger partial charge in [0.1, 0.15) is 9.34 Å². The normalized spacial score (nSPS) is 10.9. The van der Waals surface area contributed by atoms with E-state index in [0.717, 1.165) is 25.2 Å². The number of thiazole rings is 1. The Balaban J connectivity index is 2.28. The summed E-state index contributed by atoms with van der Waals surface area (Å²) in [5.74, 6) is 0. The minimum atomic E-state index is 0.773. The van der Waals surface area contributed by atoms with Crippen LogP contribution in [0.3, 0.4) is 0 Å². The van der Waals surface area contributed by atoms with E-state index < -0.39 is 0 Å². The van der Waals surface area contributed by atoms with E-state index in [1.807, 2.05) is 19.3 Å². The van der Waals surface area contributed by atoms with Crippen LogP contribution in [0.25, 0.3) is 9.88 Å². The Bertz CT molecular complexity index is 447. The molecule has 2 aromatic rings. The molecule has 0 aliphatic carbocycles. The fourth-order valence-corrected chi connectivity index (χ4v) is 3.81. The highest BCUT2D eigenvalue weighted by molar-refractivity contribution is 9.10. The number of aromatic nitrogens is 1. The van der Waals surface area contributed by atoms with Gasteiger partial charge in [-0.3, -0.25) is 0 Å². The minimum Gasteiger partial charge on any atom is -0.315 e. The molecule has 0 atom stereocenters. The van der Waals surface area contributed by atoms with Crippen LogP contribution in [-0.2, 0) is 6.54 Å². The molecule has 15 heavy (non-hydrogen) atoms. The minimum absolute atomic E-state index is 0.773. The Morgan fingerprint density at radius 1 is 1.53 bits per heavy atom. The Morgan fingerprint density at radius 3 is 2.93 bits per heavy atom. The molecular weight excluding hydrogens is 316 g/mol. The van der Waals surface area contributed by atoms with Gasteiger partial charge < -0.3 is 5.32 Å². The standard InChI is InChI=1S/C9H8BrClN2S2/c1-12-3-5-4-13-9(14-5)7-2-6(10)8(11)15-7/h2,4,12H,3H2,1H3. The van der Waals surface area contributed by atoms with Crippen molar-refractivity contribution < 1.29 is 0 Å². The fourth-order valence-electron chi connectivity index (χ4n) is 1.13. The number of nitrogens with one attached hydrogen (secondary N) is 1. The number of rotatable bonds is 3. The molecule has 0 spiro atoms. The second kappa shape index (κ2) is 4.93. The van der Waals surface area contributed by atoms with Crippen molar-refractivity contribution in [2.45, 2.75) is 6.54 Å². The van der Waals surface area contributed by atoms with Gasteiger partial charge in [-0.2, -0.15) is 0 Å². The van der Waals surface area contributed by atoms with E-state index in [1.165, 1.54) is 4.88 Å². The monoisotopic (exact) mass is 322 g/mol. The van der Waals surface area contributed by atoms with Crippen LogP contribution in [0.2, 0.25) is 4.34 Å². The summed E-state index contributed by atoms with van der Waals surface area (Å²) in [6.07, 6.45) is 1.90. The van der Waals surface area contributed by atoms with Crippen LogP contribution >= 0.6 is 50.2 Å². The van der Waals surface area contributed by atoms with Crippen LogP contribution in [0, 0.1) is 0 Å². The molecule has 0 aliphatic rings. The van der Waals surface area contributed by atoms with Crippen LogP contribution in [0.4, 0.5) is 0 Å². The molecule has 0 fully saturated rings. The van der Waals surface area contributed by atoms with Crippen LogP contribution in [0.5, 0.6) is 0 Å². The lowest BCUT2D eigenvalue weighted by atomic mass is 10.5. The predicted octanol–water partition coefficient (Wildman–Crippen LogP) is 4.01. The Morgan fingerprint density at radius 2 is 2.33 bits per heavy atom. The lowest BCUT2D eigenvalue weighted by Gasteiger charge is -1.90. The maximum Gasteiger partial charge on any atom is 0.133 e. The van der Waals surface area contributed by atoms with Gasteiger partial charge in [0, 0.05) is 22.1 Å². The average Bonchev–Trinajstić information content (AvgIpc) is 2.76. The summed E-state index contributed by atoms with van der Waals surface area (Å²) in [6, 6.07) is 2.01. The van der Waals surface area contributed by atoms with Crippen molar-refractivity contribution in [2.75, 3.05) is 7.05 Å². The number of hydrogen-bond acceptors (Lipinski definition) is 4. The maximum atomic E-state index is 5.98. The van der Waals surface area contributed by atoms with Crippen molar-refractivity contribution in [3.05, 3.63) is 25.9 Å². The topological polar surface area (TPSA) is 24.9 Å². The van der Waals surface area contributed by atoms with E-state index in [-0.39, 0.29) is 0 Å². The van der Waals surface area contributed by atoms with E-state index in [0.29, 0.717) is 0 Å². The summed E-state index contributed by atoms with van der Waals surface area (Å²) in [5, 5.41) is 4.13. The molecule has 1 N–H and O–H groups in total. The molecule has 2 nitrogen and oxygen atoms in total. The summed E-state index contributed by atoms with van der Waals surface area (Å²) in [5.41, 5.74) is 0. The van der Waals surface area contributed by atoms with Gasteiger partial charge in [-0.15, -0.1) is 22.7 Å². The highest BCUT2D eigenvalue weighted by atomic mass is 79.9. The zero-order valence-electron chi connectivity index (χ0n) is 7.88. The zero-order valence-corrected chi connectivity index (χ0v) is 11.9. The highest BCUT2D eigenvalue weighted by Gasteiger charge is 2.10.